The first-order chi connectivity index (χ1) is 13.8. The van der Waals surface area contributed by atoms with Crippen LogP contribution in [0.3, 0.4) is 0 Å². The van der Waals surface area contributed by atoms with Gasteiger partial charge in [0.2, 0.25) is 5.89 Å². The molecule has 0 aliphatic heterocycles. The Morgan fingerprint density at radius 3 is 2.55 bits per heavy atom. The number of fused-ring (bicyclic) bond motifs is 1. The molecule has 0 bridgehead atoms. The van der Waals surface area contributed by atoms with Gasteiger partial charge in [-0.2, -0.15) is 4.98 Å². The van der Waals surface area contributed by atoms with E-state index in [2.05, 4.69) is 10.1 Å². The molecule has 3 aromatic heterocycles. The summed E-state index contributed by atoms with van der Waals surface area (Å²) in [4.78, 5) is 24.7. The first-order valence-electron chi connectivity index (χ1n) is 9.34. The maximum Gasteiger partial charge on any atom is 0.267 e. The maximum absolute atomic E-state index is 13.6. The lowest BCUT2D eigenvalue weighted by Crippen LogP contribution is -2.23. The van der Waals surface area contributed by atoms with Crippen molar-refractivity contribution in [2.24, 2.45) is 0 Å². The molecule has 0 saturated heterocycles. The second-order valence-electron chi connectivity index (χ2n) is 7.16. The van der Waals surface area contributed by atoms with Crippen LogP contribution in [-0.2, 0) is 0 Å². The summed E-state index contributed by atoms with van der Waals surface area (Å²) >= 11 is 3.01. The number of hydrogen-bond donors (Lipinski definition) is 0. The highest BCUT2D eigenvalue weighted by molar-refractivity contribution is 7.99. The number of benzene rings is 1. The zero-order valence-corrected chi connectivity index (χ0v) is 18.9. The zero-order valence-electron chi connectivity index (χ0n) is 17.2. The quantitative estimate of drug-likeness (QED) is 0.329. The van der Waals surface area contributed by atoms with Gasteiger partial charge < -0.3 is 4.52 Å². The van der Waals surface area contributed by atoms with Crippen molar-refractivity contribution in [3.8, 4) is 5.69 Å². The van der Waals surface area contributed by atoms with E-state index in [9.17, 15) is 4.79 Å². The van der Waals surface area contributed by atoms with Crippen LogP contribution in [0.15, 0.2) is 32.7 Å². The second-order valence-corrected chi connectivity index (χ2v) is 9.67. The number of nitrogens with zero attached hydrogens (tertiary/aromatic N) is 4. The molecular formula is C21H22N4O2S2. The summed E-state index contributed by atoms with van der Waals surface area (Å²) < 4.78 is 7.06. The molecule has 0 saturated carbocycles. The van der Waals surface area contributed by atoms with Crippen LogP contribution in [0.25, 0.3) is 15.9 Å². The van der Waals surface area contributed by atoms with Gasteiger partial charge in [-0.15, -0.1) is 11.3 Å². The van der Waals surface area contributed by atoms with E-state index < -0.39 is 0 Å². The summed E-state index contributed by atoms with van der Waals surface area (Å²) in [6.07, 6.45) is 0. The number of aromatic nitrogens is 4. The Labute approximate surface area is 177 Å². The highest BCUT2D eigenvalue weighted by atomic mass is 32.2. The van der Waals surface area contributed by atoms with Crippen LogP contribution in [0.2, 0.25) is 0 Å². The third-order valence-electron chi connectivity index (χ3n) is 5.16. The number of thiophene rings is 1. The normalized spacial score (nSPS) is 12.6. The minimum Gasteiger partial charge on any atom is -0.338 e. The Bertz CT molecular complexity index is 1290. The van der Waals surface area contributed by atoms with Crippen molar-refractivity contribution in [3.63, 3.8) is 0 Å². The lowest BCUT2D eigenvalue weighted by Gasteiger charge is -2.16. The van der Waals surface area contributed by atoms with Crippen LogP contribution in [0, 0.1) is 34.6 Å². The van der Waals surface area contributed by atoms with Crippen LogP contribution in [0.1, 0.15) is 45.5 Å². The lowest BCUT2D eigenvalue weighted by atomic mass is 10.1. The fourth-order valence-corrected chi connectivity index (χ4v) is 5.25. The minimum atomic E-state index is -0.140. The topological polar surface area (TPSA) is 73.8 Å². The van der Waals surface area contributed by atoms with Crippen molar-refractivity contribution in [1.82, 2.24) is 19.7 Å². The predicted octanol–water partition coefficient (Wildman–Crippen LogP) is 5.23. The molecule has 3 heterocycles. The van der Waals surface area contributed by atoms with E-state index in [1.54, 1.807) is 22.8 Å². The first kappa shape index (κ1) is 19.8. The van der Waals surface area contributed by atoms with Gasteiger partial charge >= 0.3 is 0 Å². The molecule has 1 aromatic carbocycles. The van der Waals surface area contributed by atoms with Crippen LogP contribution < -0.4 is 5.56 Å². The molecule has 0 unspecified atom stereocenters. The molecular weight excluding hydrogens is 404 g/mol. The number of hydrogen-bond acceptors (Lipinski definition) is 7. The van der Waals surface area contributed by atoms with E-state index >= 15 is 0 Å². The van der Waals surface area contributed by atoms with Gasteiger partial charge in [-0.05, 0) is 64.3 Å². The molecule has 4 aromatic rings. The molecule has 0 spiro atoms. The summed E-state index contributed by atoms with van der Waals surface area (Å²) in [6, 6.07) is 5.99. The molecule has 150 valence electrons. The first-order valence-corrected chi connectivity index (χ1v) is 11.0. The molecule has 8 heteroatoms. The number of aryl methyl sites for hydroxylation is 4. The van der Waals surface area contributed by atoms with E-state index in [-0.39, 0.29) is 10.8 Å². The maximum atomic E-state index is 13.6. The van der Waals surface area contributed by atoms with Gasteiger partial charge in [0.25, 0.3) is 5.56 Å². The van der Waals surface area contributed by atoms with Crippen LogP contribution in [0.4, 0.5) is 0 Å². The summed E-state index contributed by atoms with van der Waals surface area (Å²) in [7, 11) is 0. The van der Waals surface area contributed by atoms with E-state index in [4.69, 9.17) is 9.51 Å². The van der Waals surface area contributed by atoms with Crippen LogP contribution in [-0.4, -0.2) is 19.7 Å². The molecule has 0 aliphatic carbocycles. The van der Waals surface area contributed by atoms with Crippen molar-refractivity contribution in [2.75, 3.05) is 0 Å². The Morgan fingerprint density at radius 1 is 1.10 bits per heavy atom. The number of thioether (sulfide) groups is 1. The van der Waals surface area contributed by atoms with Crippen molar-refractivity contribution in [2.45, 2.75) is 51.9 Å². The molecule has 29 heavy (non-hydrogen) atoms. The van der Waals surface area contributed by atoms with Crippen LogP contribution >= 0.6 is 23.1 Å². The lowest BCUT2D eigenvalue weighted by molar-refractivity contribution is 0.376. The second kappa shape index (κ2) is 7.42. The van der Waals surface area contributed by atoms with Gasteiger partial charge in [-0.1, -0.05) is 29.1 Å². The SMILES string of the molecule is Cc1noc([C@H](C)Sc2nc3sc(C)c(C)c3c(=O)n2-c2cccc(C)c2C)n1. The van der Waals surface area contributed by atoms with Crippen molar-refractivity contribution in [1.29, 1.82) is 0 Å². The average Bonchev–Trinajstić information content (AvgIpc) is 3.22. The Kier molecular flexibility index (Phi) is 5.08. The van der Waals surface area contributed by atoms with Crippen molar-refractivity contribution in [3.05, 3.63) is 61.8 Å². The monoisotopic (exact) mass is 426 g/mol. The Hall–Kier alpha value is -2.45. The molecule has 0 fully saturated rings. The van der Waals surface area contributed by atoms with Crippen molar-refractivity contribution >= 4 is 33.3 Å². The van der Waals surface area contributed by atoms with Crippen molar-refractivity contribution < 1.29 is 4.52 Å². The van der Waals surface area contributed by atoms with Gasteiger partial charge in [-0.3, -0.25) is 9.36 Å². The van der Waals surface area contributed by atoms with Crippen LogP contribution in [0.5, 0.6) is 0 Å². The highest BCUT2D eigenvalue weighted by Gasteiger charge is 2.23. The fraction of sp³-hybridized carbons (Fsp3) is 0.333. The summed E-state index contributed by atoms with van der Waals surface area (Å²) in [5.41, 5.74) is 4.00. The molecule has 0 amide bonds. The van der Waals surface area contributed by atoms with Gasteiger partial charge in [0, 0.05) is 4.88 Å². The van der Waals surface area contributed by atoms with Gasteiger partial charge in [0.05, 0.1) is 16.3 Å². The molecule has 0 aliphatic rings. The zero-order chi connectivity index (χ0) is 20.9. The number of rotatable bonds is 4. The molecule has 0 N–H and O–H groups in total. The smallest absolute Gasteiger partial charge is 0.267 e. The third-order valence-corrected chi connectivity index (χ3v) is 7.30. The fourth-order valence-electron chi connectivity index (χ4n) is 3.23. The molecule has 0 radical (unpaired) electrons. The van der Waals surface area contributed by atoms with E-state index in [1.165, 1.54) is 11.8 Å². The third kappa shape index (κ3) is 3.40. The summed E-state index contributed by atoms with van der Waals surface area (Å²) in [5.74, 6) is 1.11. The van der Waals surface area contributed by atoms with E-state index in [1.807, 2.05) is 52.8 Å². The van der Waals surface area contributed by atoms with E-state index in [0.29, 0.717) is 22.3 Å². The Morgan fingerprint density at radius 2 is 1.86 bits per heavy atom. The molecule has 4 rings (SSSR count). The largest absolute Gasteiger partial charge is 0.338 e. The van der Waals surface area contributed by atoms with Gasteiger partial charge in [-0.25, -0.2) is 4.98 Å². The molecule has 1 atom stereocenters. The van der Waals surface area contributed by atoms with Gasteiger partial charge in [0.15, 0.2) is 11.0 Å². The Balaban J connectivity index is 1.97. The predicted molar refractivity (Wildman–Crippen MR) is 117 cm³/mol. The summed E-state index contributed by atoms with van der Waals surface area (Å²) in [6.45, 7) is 11.9. The average molecular weight is 427 g/mol. The molecule has 6 nitrogen and oxygen atoms in total. The summed E-state index contributed by atoms with van der Waals surface area (Å²) in [5, 5.41) is 5.06. The standard InChI is InChI=1S/C21H22N4O2S2/c1-10-8-7-9-16(11(10)2)25-20(26)17-12(3)13(4)28-19(17)23-21(25)29-14(5)18-22-15(6)24-27-18/h7-9,14H,1-6H3/t14-/m0/s1. The minimum absolute atomic E-state index is 0.0399. The van der Waals surface area contributed by atoms with E-state index in [0.717, 1.165) is 32.1 Å². The highest BCUT2D eigenvalue weighted by Crippen LogP contribution is 2.36. The van der Waals surface area contributed by atoms with Gasteiger partial charge in [0.1, 0.15) is 4.83 Å².